The maximum absolute atomic E-state index is 12.4. The zero-order valence-corrected chi connectivity index (χ0v) is 12.3. The number of imide groups is 1. The summed E-state index contributed by atoms with van der Waals surface area (Å²) in [5.41, 5.74) is 0.543. The molecular formula is C17H22N2O2. The number of nitrogens with zero attached hydrogens (tertiary/aromatic N) is 1. The van der Waals surface area contributed by atoms with Gasteiger partial charge in [0.15, 0.2) is 0 Å². The summed E-state index contributed by atoms with van der Waals surface area (Å²) < 4.78 is 0. The first-order valence-electron chi connectivity index (χ1n) is 7.90. The first-order chi connectivity index (χ1) is 10.3. The molecule has 0 spiro atoms. The second-order valence-electron chi connectivity index (χ2n) is 6.03. The zero-order valence-electron chi connectivity index (χ0n) is 12.3. The zero-order chi connectivity index (χ0) is 14.7. The quantitative estimate of drug-likeness (QED) is 0.867. The Bertz CT molecular complexity index is 509. The third kappa shape index (κ3) is 3.16. The Hall–Kier alpha value is -1.68. The van der Waals surface area contributed by atoms with E-state index in [1.54, 1.807) is 12.1 Å². The van der Waals surface area contributed by atoms with E-state index in [0.717, 1.165) is 32.4 Å². The Balaban J connectivity index is 1.63. The second-order valence-corrected chi connectivity index (χ2v) is 6.03. The molecule has 1 aromatic carbocycles. The highest BCUT2D eigenvalue weighted by Gasteiger charge is 2.38. The van der Waals surface area contributed by atoms with Crippen molar-refractivity contribution in [2.24, 2.45) is 5.92 Å². The lowest BCUT2D eigenvalue weighted by Crippen LogP contribution is -2.44. The molecule has 1 aromatic rings. The van der Waals surface area contributed by atoms with Gasteiger partial charge in [0.1, 0.15) is 0 Å². The standard InChI is InChI=1S/C17H22N2O2/c20-16(13-7-2-1-3-8-13)18-17(21)14-9-6-10-15(14)19-11-4-5-12-19/h1-3,7-8,14-15H,4-6,9-12H2,(H,18,20,21). The number of benzene rings is 1. The van der Waals surface area contributed by atoms with E-state index in [1.165, 1.54) is 12.8 Å². The van der Waals surface area contributed by atoms with Crippen LogP contribution >= 0.6 is 0 Å². The molecule has 2 amide bonds. The minimum absolute atomic E-state index is 0.0317. The summed E-state index contributed by atoms with van der Waals surface area (Å²) in [6.07, 6.45) is 5.52. The van der Waals surface area contributed by atoms with E-state index < -0.39 is 0 Å². The van der Waals surface area contributed by atoms with Crippen LogP contribution in [0.5, 0.6) is 0 Å². The van der Waals surface area contributed by atoms with Gasteiger partial charge in [-0.2, -0.15) is 0 Å². The van der Waals surface area contributed by atoms with Gasteiger partial charge in [-0.3, -0.25) is 19.8 Å². The van der Waals surface area contributed by atoms with Crippen LogP contribution in [-0.4, -0.2) is 35.8 Å². The number of hydrogen-bond acceptors (Lipinski definition) is 3. The van der Waals surface area contributed by atoms with Crippen LogP contribution in [-0.2, 0) is 4.79 Å². The molecule has 112 valence electrons. The molecule has 1 saturated carbocycles. The summed E-state index contributed by atoms with van der Waals surface area (Å²) in [6, 6.07) is 9.27. The second kappa shape index (κ2) is 6.39. The van der Waals surface area contributed by atoms with Crippen molar-refractivity contribution in [3.63, 3.8) is 0 Å². The van der Waals surface area contributed by atoms with Crippen molar-refractivity contribution >= 4 is 11.8 Å². The van der Waals surface area contributed by atoms with Crippen molar-refractivity contribution in [2.75, 3.05) is 13.1 Å². The monoisotopic (exact) mass is 286 g/mol. The summed E-state index contributed by atoms with van der Waals surface area (Å²) in [6.45, 7) is 2.20. The van der Waals surface area contributed by atoms with Crippen LogP contribution in [0.3, 0.4) is 0 Å². The molecule has 3 rings (SSSR count). The van der Waals surface area contributed by atoms with Crippen LogP contribution in [0, 0.1) is 5.92 Å². The number of nitrogens with one attached hydrogen (secondary N) is 1. The summed E-state index contributed by atoms with van der Waals surface area (Å²) in [7, 11) is 0. The fourth-order valence-corrected chi connectivity index (χ4v) is 3.62. The lowest BCUT2D eigenvalue weighted by Gasteiger charge is -2.28. The molecule has 0 radical (unpaired) electrons. The van der Waals surface area contributed by atoms with Crippen molar-refractivity contribution in [1.29, 1.82) is 0 Å². The highest BCUT2D eigenvalue weighted by Crippen LogP contribution is 2.32. The van der Waals surface area contributed by atoms with Crippen molar-refractivity contribution in [3.05, 3.63) is 35.9 Å². The van der Waals surface area contributed by atoms with Crippen molar-refractivity contribution in [2.45, 2.75) is 38.1 Å². The largest absolute Gasteiger partial charge is 0.300 e. The Morgan fingerprint density at radius 1 is 1.00 bits per heavy atom. The number of carbonyl (C=O) groups excluding carboxylic acids is 2. The molecule has 2 fully saturated rings. The molecule has 2 aliphatic rings. The van der Waals surface area contributed by atoms with Gasteiger partial charge in [0.25, 0.3) is 5.91 Å². The number of amides is 2. The van der Waals surface area contributed by atoms with Gasteiger partial charge >= 0.3 is 0 Å². The predicted molar refractivity (Wildman–Crippen MR) is 80.9 cm³/mol. The first-order valence-corrected chi connectivity index (χ1v) is 7.90. The van der Waals surface area contributed by atoms with E-state index in [0.29, 0.717) is 11.6 Å². The molecule has 4 heteroatoms. The predicted octanol–water partition coefficient (Wildman–Crippen LogP) is 2.21. The van der Waals surface area contributed by atoms with Crippen LogP contribution in [0.4, 0.5) is 0 Å². The van der Waals surface area contributed by atoms with Gasteiger partial charge in [-0.1, -0.05) is 24.6 Å². The van der Waals surface area contributed by atoms with E-state index in [9.17, 15) is 9.59 Å². The molecule has 1 aliphatic heterocycles. The topological polar surface area (TPSA) is 49.4 Å². The minimum Gasteiger partial charge on any atom is -0.300 e. The Morgan fingerprint density at radius 2 is 1.71 bits per heavy atom. The van der Waals surface area contributed by atoms with Crippen molar-refractivity contribution < 1.29 is 9.59 Å². The van der Waals surface area contributed by atoms with Gasteiger partial charge in [0.2, 0.25) is 5.91 Å². The summed E-state index contributed by atoms with van der Waals surface area (Å²) in [5, 5.41) is 2.59. The van der Waals surface area contributed by atoms with E-state index in [1.807, 2.05) is 18.2 Å². The van der Waals surface area contributed by atoms with E-state index in [-0.39, 0.29) is 17.7 Å². The number of hydrogen-bond donors (Lipinski definition) is 1. The third-order valence-corrected chi connectivity index (χ3v) is 4.70. The van der Waals surface area contributed by atoms with Crippen molar-refractivity contribution in [1.82, 2.24) is 10.2 Å². The van der Waals surface area contributed by atoms with Gasteiger partial charge in [-0.15, -0.1) is 0 Å². The van der Waals surface area contributed by atoms with E-state index >= 15 is 0 Å². The van der Waals surface area contributed by atoms with E-state index in [2.05, 4.69) is 10.2 Å². The molecule has 4 nitrogen and oxygen atoms in total. The third-order valence-electron chi connectivity index (χ3n) is 4.70. The molecule has 1 aliphatic carbocycles. The average molecular weight is 286 g/mol. The number of rotatable bonds is 3. The number of likely N-dealkylation sites (tertiary alicyclic amines) is 1. The summed E-state index contributed by atoms with van der Waals surface area (Å²) in [5.74, 6) is -0.415. The molecule has 21 heavy (non-hydrogen) atoms. The average Bonchev–Trinajstić information content (AvgIpc) is 3.18. The van der Waals surface area contributed by atoms with Gasteiger partial charge in [-0.05, 0) is 50.9 Å². The first kappa shape index (κ1) is 14.3. The maximum Gasteiger partial charge on any atom is 0.257 e. The minimum atomic E-state index is -0.285. The molecule has 1 heterocycles. The van der Waals surface area contributed by atoms with Crippen molar-refractivity contribution in [3.8, 4) is 0 Å². The smallest absolute Gasteiger partial charge is 0.257 e. The Kier molecular flexibility index (Phi) is 4.34. The lowest BCUT2D eigenvalue weighted by atomic mass is 10.0. The van der Waals surface area contributed by atoms with Gasteiger partial charge in [0.05, 0.1) is 5.92 Å². The van der Waals surface area contributed by atoms with Gasteiger partial charge in [0, 0.05) is 11.6 Å². The highest BCUT2D eigenvalue weighted by molar-refractivity contribution is 6.05. The van der Waals surface area contributed by atoms with Crippen LogP contribution in [0.15, 0.2) is 30.3 Å². The normalized spacial score (nSPS) is 25.9. The molecule has 1 saturated heterocycles. The molecular weight excluding hydrogens is 264 g/mol. The molecule has 1 N–H and O–H groups in total. The van der Waals surface area contributed by atoms with E-state index in [4.69, 9.17) is 0 Å². The van der Waals surface area contributed by atoms with Gasteiger partial charge in [-0.25, -0.2) is 0 Å². The molecule has 0 bridgehead atoms. The van der Waals surface area contributed by atoms with Crippen LogP contribution < -0.4 is 5.32 Å². The fourth-order valence-electron chi connectivity index (χ4n) is 3.62. The van der Waals surface area contributed by atoms with Crippen LogP contribution in [0.2, 0.25) is 0 Å². The van der Waals surface area contributed by atoms with Crippen LogP contribution in [0.25, 0.3) is 0 Å². The van der Waals surface area contributed by atoms with Crippen LogP contribution in [0.1, 0.15) is 42.5 Å². The molecule has 2 unspecified atom stereocenters. The Morgan fingerprint density at radius 3 is 2.43 bits per heavy atom. The molecule has 2 atom stereocenters. The summed E-state index contributed by atoms with van der Waals surface area (Å²) in [4.78, 5) is 27.0. The fraction of sp³-hybridized carbons (Fsp3) is 0.529. The van der Waals surface area contributed by atoms with Gasteiger partial charge < -0.3 is 0 Å². The molecule has 0 aromatic heterocycles. The maximum atomic E-state index is 12.4. The number of carbonyl (C=O) groups is 2. The highest BCUT2D eigenvalue weighted by atomic mass is 16.2. The SMILES string of the molecule is O=C(NC(=O)C1CCCC1N1CCCC1)c1ccccc1. The Labute approximate surface area is 125 Å². The lowest BCUT2D eigenvalue weighted by molar-refractivity contribution is -0.125. The summed E-state index contributed by atoms with van der Waals surface area (Å²) >= 11 is 0.